The molecular weight excluding hydrogens is 792 g/mol. The molecule has 1 N–H and O–H groups in total. The van der Waals surface area contributed by atoms with Crippen LogP contribution in [0.25, 0.3) is 50.2 Å². The Bertz CT molecular complexity index is 3020. The van der Waals surface area contributed by atoms with Gasteiger partial charge in [-0.15, -0.1) is 11.8 Å². The van der Waals surface area contributed by atoms with Crippen LogP contribution in [-0.2, 0) is 11.8 Å². The Morgan fingerprint density at radius 1 is 0.656 bits per heavy atom. The highest BCUT2D eigenvalue weighted by Crippen LogP contribution is 2.57. The van der Waals surface area contributed by atoms with Crippen LogP contribution in [0.4, 0.5) is 22.7 Å². The zero-order chi connectivity index (χ0) is 44.5. The maximum absolute atomic E-state index is 5.06. The van der Waals surface area contributed by atoms with Crippen molar-refractivity contribution in [2.75, 3.05) is 16.5 Å². The molecule has 9 rings (SSSR count). The summed E-state index contributed by atoms with van der Waals surface area (Å²) >= 11 is 1.77. The molecular formula is C60H57BN2S. The fourth-order valence-corrected chi connectivity index (χ4v) is 10.8. The molecule has 8 aromatic carbocycles. The van der Waals surface area contributed by atoms with Gasteiger partial charge in [0.2, 0.25) is 0 Å². The summed E-state index contributed by atoms with van der Waals surface area (Å²) in [5.74, 6) is 0. The molecule has 0 aromatic heterocycles. The van der Waals surface area contributed by atoms with E-state index in [9.17, 15) is 0 Å². The monoisotopic (exact) mass is 848 g/mol. The smallest absolute Gasteiger partial charge is 0.158 e. The fraction of sp³-hybridized carbons (Fsp3) is 0.167. The van der Waals surface area contributed by atoms with Crippen LogP contribution >= 0.6 is 11.8 Å². The normalized spacial score (nSPS) is 12.4. The topological polar surface area (TPSA) is 15.3 Å². The molecule has 0 unspecified atom stereocenters. The molecule has 0 heterocycles. The molecule has 0 radical (unpaired) electrons. The molecule has 1 aliphatic rings. The van der Waals surface area contributed by atoms with E-state index in [4.69, 9.17) is 6.58 Å². The van der Waals surface area contributed by atoms with Gasteiger partial charge in [-0.3, -0.25) is 0 Å². The van der Waals surface area contributed by atoms with Crippen molar-refractivity contribution in [2.45, 2.75) is 64.6 Å². The summed E-state index contributed by atoms with van der Waals surface area (Å²) in [6.45, 7) is 19.0. The molecule has 0 bridgehead atoms. The summed E-state index contributed by atoms with van der Waals surface area (Å²) in [6.07, 6.45) is 4.17. The number of thioether (sulfide) groups is 1. The summed E-state index contributed by atoms with van der Waals surface area (Å²) in [6, 6.07) is 62.6. The summed E-state index contributed by atoms with van der Waals surface area (Å²) < 4.78 is 0. The number of anilines is 4. The van der Waals surface area contributed by atoms with Crippen molar-refractivity contribution in [2.24, 2.45) is 0 Å². The molecule has 0 spiro atoms. The van der Waals surface area contributed by atoms with Gasteiger partial charge in [-0.2, -0.15) is 0 Å². The van der Waals surface area contributed by atoms with Crippen molar-refractivity contribution in [3.05, 3.63) is 210 Å². The Balaban J connectivity index is 1.48. The molecule has 0 saturated carbocycles. The molecule has 0 atom stereocenters. The van der Waals surface area contributed by atoms with Gasteiger partial charge in [0, 0.05) is 49.8 Å². The van der Waals surface area contributed by atoms with Gasteiger partial charge in [0.25, 0.3) is 0 Å². The van der Waals surface area contributed by atoms with Gasteiger partial charge in [-0.25, -0.2) is 0 Å². The molecule has 316 valence electrons. The SMILES string of the molecule is C=C(c1ccccc1SC)N(c1ccccc1-c1ccccc1)c1cc2c(c(-c3c(Nc4ccc(C)cc4)ccc(CCC)c3-c3ccccc3C)c1BC)C(C)(C)c1ccccc1-2. The van der Waals surface area contributed by atoms with Crippen molar-refractivity contribution in [3.63, 3.8) is 0 Å². The first kappa shape index (κ1) is 42.8. The third-order valence-electron chi connectivity index (χ3n) is 13.2. The predicted molar refractivity (Wildman–Crippen MR) is 282 cm³/mol. The van der Waals surface area contributed by atoms with E-state index in [1.807, 2.05) is 0 Å². The maximum atomic E-state index is 5.06. The van der Waals surface area contributed by atoms with E-state index in [1.165, 1.54) is 77.1 Å². The van der Waals surface area contributed by atoms with Gasteiger partial charge < -0.3 is 10.2 Å². The Morgan fingerprint density at radius 2 is 1.31 bits per heavy atom. The van der Waals surface area contributed by atoms with E-state index in [0.717, 1.165) is 59.7 Å². The molecule has 0 saturated heterocycles. The number of aryl methyl sites for hydroxylation is 3. The summed E-state index contributed by atoms with van der Waals surface area (Å²) in [5, 5.41) is 4.03. The highest BCUT2D eigenvalue weighted by Gasteiger charge is 2.41. The first-order valence-corrected chi connectivity index (χ1v) is 24.0. The molecule has 8 aromatic rings. The van der Waals surface area contributed by atoms with E-state index < -0.39 is 0 Å². The number of hydrogen-bond donors (Lipinski definition) is 1. The highest BCUT2D eigenvalue weighted by atomic mass is 32.2. The van der Waals surface area contributed by atoms with E-state index in [0.29, 0.717) is 0 Å². The second-order valence-electron chi connectivity index (χ2n) is 17.6. The fourth-order valence-electron chi connectivity index (χ4n) is 10.2. The van der Waals surface area contributed by atoms with Crippen molar-refractivity contribution in [1.82, 2.24) is 0 Å². The van der Waals surface area contributed by atoms with Crippen molar-refractivity contribution >= 4 is 53.0 Å². The molecule has 64 heavy (non-hydrogen) atoms. The summed E-state index contributed by atoms with van der Waals surface area (Å²) in [4.78, 5) is 3.68. The van der Waals surface area contributed by atoms with Crippen LogP contribution in [0.2, 0.25) is 6.82 Å². The molecule has 0 amide bonds. The third-order valence-corrected chi connectivity index (χ3v) is 14.0. The molecule has 2 nitrogen and oxygen atoms in total. The average molecular weight is 849 g/mol. The molecule has 0 aliphatic heterocycles. The highest BCUT2D eigenvalue weighted by molar-refractivity contribution is 7.98. The van der Waals surface area contributed by atoms with Gasteiger partial charge >= 0.3 is 0 Å². The van der Waals surface area contributed by atoms with Gasteiger partial charge in [0.1, 0.15) is 0 Å². The first-order chi connectivity index (χ1) is 31.2. The number of benzene rings is 8. The largest absolute Gasteiger partial charge is 0.355 e. The Labute approximate surface area is 386 Å². The molecule has 1 aliphatic carbocycles. The van der Waals surface area contributed by atoms with Crippen LogP contribution in [-0.4, -0.2) is 13.5 Å². The maximum Gasteiger partial charge on any atom is 0.158 e. The quantitative estimate of drug-likeness (QED) is 0.0919. The zero-order valence-electron chi connectivity index (χ0n) is 38.3. The van der Waals surface area contributed by atoms with Crippen LogP contribution in [0.5, 0.6) is 0 Å². The lowest BCUT2D eigenvalue weighted by molar-refractivity contribution is 0.662. The van der Waals surface area contributed by atoms with Crippen LogP contribution < -0.4 is 15.7 Å². The second kappa shape index (κ2) is 17.9. The van der Waals surface area contributed by atoms with E-state index >= 15 is 0 Å². The third kappa shape index (κ3) is 7.58. The van der Waals surface area contributed by atoms with Crippen LogP contribution in [0.1, 0.15) is 60.6 Å². The first-order valence-electron chi connectivity index (χ1n) is 22.8. The number of fused-ring (bicyclic) bond motifs is 3. The Hall–Kier alpha value is -6.49. The Morgan fingerprint density at radius 3 is 2.03 bits per heavy atom. The molecule has 0 fully saturated rings. The van der Waals surface area contributed by atoms with E-state index in [-0.39, 0.29) is 5.41 Å². The summed E-state index contributed by atoms with van der Waals surface area (Å²) in [7, 11) is 0.793. The van der Waals surface area contributed by atoms with E-state index in [1.54, 1.807) is 11.8 Å². The minimum atomic E-state index is -0.302. The average Bonchev–Trinajstić information content (AvgIpc) is 3.55. The lowest BCUT2D eigenvalue weighted by Gasteiger charge is -2.36. The van der Waals surface area contributed by atoms with Gasteiger partial charge in [0.15, 0.2) is 7.28 Å². The lowest BCUT2D eigenvalue weighted by Crippen LogP contribution is -2.30. The van der Waals surface area contributed by atoms with E-state index in [2.05, 4.69) is 228 Å². The lowest BCUT2D eigenvalue weighted by atomic mass is 9.63. The van der Waals surface area contributed by atoms with Crippen molar-refractivity contribution in [1.29, 1.82) is 0 Å². The summed E-state index contributed by atoms with van der Waals surface area (Å²) in [5.41, 5.74) is 24.1. The van der Waals surface area contributed by atoms with Crippen LogP contribution in [0.15, 0.2) is 181 Å². The number of rotatable bonds is 13. The molecule has 4 heteroatoms. The number of nitrogens with zero attached hydrogens (tertiary/aromatic N) is 1. The second-order valence-corrected chi connectivity index (χ2v) is 18.5. The minimum Gasteiger partial charge on any atom is -0.355 e. The Kier molecular flexibility index (Phi) is 12.0. The number of nitrogens with one attached hydrogen (secondary N) is 1. The van der Waals surface area contributed by atoms with Crippen molar-refractivity contribution in [3.8, 4) is 44.5 Å². The minimum absolute atomic E-state index is 0.302. The van der Waals surface area contributed by atoms with Gasteiger partial charge in [0.05, 0.1) is 5.69 Å². The standard InChI is InChI=1S/C60H57BN2S/c1-9-21-43-34-37-51(62-44-35-32-39(2)33-36-44)56(55(43)45-25-14-13-22-40(45)3)57-58-49(48-28-15-18-29-50(48)60(58,5)6)38-53(59(57)61-7)63(41(4)46-26-17-20-31-54(46)64-8)52-30-19-16-27-47(52)42-23-11-10-12-24-42/h10-20,22-38,61-62H,4,9,21H2,1-3,5-8H3. The van der Waals surface area contributed by atoms with Crippen LogP contribution in [0, 0.1) is 13.8 Å². The number of para-hydroxylation sites is 1. The van der Waals surface area contributed by atoms with Gasteiger partial charge in [-0.1, -0.05) is 185 Å². The van der Waals surface area contributed by atoms with Crippen LogP contribution in [0.3, 0.4) is 0 Å². The van der Waals surface area contributed by atoms with Crippen molar-refractivity contribution < 1.29 is 0 Å². The predicted octanol–water partition coefficient (Wildman–Crippen LogP) is 15.9. The van der Waals surface area contributed by atoms with Gasteiger partial charge in [-0.05, 0) is 119 Å². The zero-order valence-corrected chi connectivity index (χ0v) is 39.2. The number of hydrogen-bond acceptors (Lipinski definition) is 3.